The average Bonchev–Trinajstić information content (AvgIpc) is 2.89. The minimum Gasteiger partial charge on any atom is -0.456 e. The number of aromatic nitrogens is 3. The number of imide groups is 1. The zero-order valence-electron chi connectivity index (χ0n) is 15.5. The molecule has 0 saturated carbocycles. The van der Waals surface area contributed by atoms with Gasteiger partial charge in [0.05, 0.1) is 11.8 Å². The molecule has 1 aliphatic carbocycles. The molecule has 2 N–H and O–H groups in total. The molecule has 0 unspecified atom stereocenters. The van der Waals surface area contributed by atoms with Gasteiger partial charge in [0, 0.05) is 14.1 Å². The number of anilines is 2. The second kappa shape index (κ2) is 7.29. The largest absolute Gasteiger partial charge is 0.456 e. The van der Waals surface area contributed by atoms with Crippen LogP contribution >= 0.6 is 0 Å². The van der Waals surface area contributed by atoms with E-state index in [4.69, 9.17) is 10.5 Å². The number of nitrogens with zero attached hydrogens (tertiary/aromatic N) is 5. The van der Waals surface area contributed by atoms with E-state index in [1.54, 1.807) is 19.0 Å². The van der Waals surface area contributed by atoms with Crippen LogP contribution < -0.4 is 10.6 Å². The SMILES string of the molecule is C[C@@H](C(=O)OCc1nc(N)nc(N(C)C)n1)N1C(=O)[C@H]2CC=CC[C@H]2C1=O. The molecule has 1 saturated heterocycles. The highest BCUT2D eigenvalue weighted by molar-refractivity contribution is 6.08. The lowest BCUT2D eigenvalue weighted by Gasteiger charge is -2.21. The Hall–Kier alpha value is -3.04. The molecule has 144 valence electrons. The van der Waals surface area contributed by atoms with Crippen molar-refractivity contribution in [2.24, 2.45) is 11.8 Å². The fraction of sp³-hybridized carbons (Fsp3) is 0.529. The first-order chi connectivity index (χ1) is 12.8. The van der Waals surface area contributed by atoms with E-state index < -0.39 is 12.0 Å². The monoisotopic (exact) mass is 374 g/mol. The van der Waals surface area contributed by atoms with Crippen molar-refractivity contribution in [3.05, 3.63) is 18.0 Å². The lowest BCUT2D eigenvalue weighted by molar-refractivity contribution is -0.159. The number of esters is 1. The van der Waals surface area contributed by atoms with Gasteiger partial charge in [0.1, 0.15) is 6.04 Å². The number of amides is 2. The normalized spacial score (nSPS) is 22.6. The number of ether oxygens (including phenoxy) is 1. The van der Waals surface area contributed by atoms with E-state index in [1.165, 1.54) is 6.92 Å². The maximum Gasteiger partial charge on any atom is 0.329 e. The third-order valence-corrected chi connectivity index (χ3v) is 4.70. The standard InChI is InChI=1S/C17H22N6O4/c1-9(23-13(24)10-6-4-5-7-11(10)14(23)25)15(26)27-8-12-19-16(18)21-17(20-12)22(2)3/h4-5,9-11H,6-8H2,1-3H3,(H2,18,19,20,21)/t9-,10-,11+/m0/s1. The smallest absolute Gasteiger partial charge is 0.329 e. The molecular weight excluding hydrogens is 352 g/mol. The topological polar surface area (TPSA) is 132 Å². The molecule has 2 amide bonds. The summed E-state index contributed by atoms with van der Waals surface area (Å²) in [5.41, 5.74) is 5.63. The van der Waals surface area contributed by atoms with Crippen molar-refractivity contribution in [2.75, 3.05) is 24.7 Å². The Balaban J connectivity index is 1.66. The zero-order chi connectivity index (χ0) is 19.7. The average molecular weight is 374 g/mol. The number of carbonyl (C=O) groups excluding carboxylic acids is 3. The molecule has 10 heteroatoms. The number of allylic oxidation sites excluding steroid dienone is 2. The van der Waals surface area contributed by atoms with E-state index in [-0.39, 0.29) is 42.0 Å². The second-order valence-corrected chi connectivity index (χ2v) is 6.79. The van der Waals surface area contributed by atoms with Crippen LogP contribution in [0.4, 0.5) is 11.9 Å². The number of carbonyl (C=O) groups is 3. The molecule has 3 rings (SSSR count). The quantitative estimate of drug-likeness (QED) is 0.426. The first kappa shape index (κ1) is 18.7. The van der Waals surface area contributed by atoms with Crippen molar-refractivity contribution >= 4 is 29.7 Å². The van der Waals surface area contributed by atoms with Crippen molar-refractivity contribution in [1.29, 1.82) is 0 Å². The number of nitrogen functional groups attached to an aromatic ring is 1. The van der Waals surface area contributed by atoms with E-state index in [1.807, 2.05) is 12.2 Å². The Labute approximate surface area is 156 Å². The highest BCUT2D eigenvalue weighted by Crippen LogP contribution is 2.36. The van der Waals surface area contributed by atoms with Crippen LogP contribution in [0.1, 0.15) is 25.6 Å². The van der Waals surface area contributed by atoms with Crippen LogP contribution in [0.3, 0.4) is 0 Å². The van der Waals surface area contributed by atoms with Crippen molar-refractivity contribution in [1.82, 2.24) is 19.9 Å². The van der Waals surface area contributed by atoms with Gasteiger partial charge in [-0.1, -0.05) is 12.2 Å². The Kier molecular flexibility index (Phi) is 5.06. The van der Waals surface area contributed by atoms with Gasteiger partial charge < -0.3 is 15.4 Å². The van der Waals surface area contributed by atoms with E-state index in [0.29, 0.717) is 18.8 Å². The molecule has 3 atom stereocenters. The van der Waals surface area contributed by atoms with Gasteiger partial charge >= 0.3 is 5.97 Å². The van der Waals surface area contributed by atoms with Gasteiger partial charge in [-0.25, -0.2) is 4.79 Å². The van der Waals surface area contributed by atoms with Crippen LogP contribution in [0.15, 0.2) is 12.2 Å². The van der Waals surface area contributed by atoms with E-state index in [0.717, 1.165) is 4.90 Å². The second-order valence-electron chi connectivity index (χ2n) is 6.79. The Morgan fingerprint density at radius 2 is 1.81 bits per heavy atom. The van der Waals surface area contributed by atoms with Crippen LogP contribution in [0.5, 0.6) is 0 Å². The van der Waals surface area contributed by atoms with Gasteiger partial charge in [0.25, 0.3) is 0 Å². The summed E-state index contributed by atoms with van der Waals surface area (Å²) >= 11 is 0. The summed E-state index contributed by atoms with van der Waals surface area (Å²) < 4.78 is 5.21. The predicted octanol–water partition coefficient (Wildman–Crippen LogP) is -0.0973. The summed E-state index contributed by atoms with van der Waals surface area (Å²) in [5.74, 6) is -1.58. The van der Waals surface area contributed by atoms with Gasteiger partial charge in [0.15, 0.2) is 12.4 Å². The van der Waals surface area contributed by atoms with Crippen LogP contribution in [-0.2, 0) is 25.7 Å². The predicted molar refractivity (Wildman–Crippen MR) is 95.0 cm³/mol. The van der Waals surface area contributed by atoms with Gasteiger partial charge in [0.2, 0.25) is 23.7 Å². The zero-order valence-corrected chi connectivity index (χ0v) is 15.5. The number of fused-ring (bicyclic) bond motifs is 1. The summed E-state index contributed by atoms with van der Waals surface area (Å²) in [5, 5.41) is 0. The van der Waals surface area contributed by atoms with E-state index >= 15 is 0 Å². The maximum absolute atomic E-state index is 12.5. The van der Waals surface area contributed by atoms with E-state index in [9.17, 15) is 14.4 Å². The summed E-state index contributed by atoms with van der Waals surface area (Å²) in [7, 11) is 3.48. The highest BCUT2D eigenvalue weighted by Gasteiger charge is 2.50. The van der Waals surface area contributed by atoms with Gasteiger partial charge in [-0.2, -0.15) is 15.0 Å². The summed E-state index contributed by atoms with van der Waals surface area (Å²) in [6, 6.07) is -1.01. The summed E-state index contributed by atoms with van der Waals surface area (Å²) in [6.45, 7) is 1.25. The van der Waals surface area contributed by atoms with E-state index in [2.05, 4.69) is 15.0 Å². The minimum absolute atomic E-state index is 0.00858. The maximum atomic E-state index is 12.5. The molecule has 0 bridgehead atoms. The molecular formula is C17H22N6O4. The lowest BCUT2D eigenvalue weighted by Crippen LogP contribution is -2.44. The fourth-order valence-corrected chi connectivity index (χ4v) is 3.26. The number of nitrogens with two attached hydrogens (primary N) is 1. The summed E-state index contributed by atoms with van der Waals surface area (Å²) in [6.07, 6.45) is 4.83. The van der Waals surface area contributed by atoms with Gasteiger partial charge in [-0.3, -0.25) is 14.5 Å². The third-order valence-electron chi connectivity index (χ3n) is 4.70. The van der Waals surface area contributed by atoms with Crippen LogP contribution in [-0.4, -0.2) is 57.8 Å². The minimum atomic E-state index is -1.01. The Bertz CT molecular complexity index is 783. The molecule has 0 aromatic carbocycles. The van der Waals surface area contributed by atoms with Gasteiger partial charge in [-0.15, -0.1) is 0 Å². The Morgan fingerprint density at radius 1 is 1.22 bits per heavy atom. The number of likely N-dealkylation sites (tertiary alicyclic amines) is 1. The molecule has 10 nitrogen and oxygen atoms in total. The van der Waals surface area contributed by atoms with Gasteiger partial charge in [-0.05, 0) is 19.8 Å². The van der Waals surface area contributed by atoms with Crippen molar-refractivity contribution in [3.63, 3.8) is 0 Å². The number of hydrogen-bond acceptors (Lipinski definition) is 9. The first-order valence-electron chi connectivity index (χ1n) is 8.66. The number of rotatable bonds is 5. The van der Waals surface area contributed by atoms with Crippen LogP contribution in [0.2, 0.25) is 0 Å². The van der Waals surface area contributed by atoms with Crippen molar-refractivity contribution in [2.45, 2.75) is 32.4 Å². The molecule has 0 radical (unpaired) electrons. The first-order valence-corrected chi connectivity index (χ1v) is 8.66. The molecule has 27 heavy (non-hydrogen) atoms. The molecule has 2 aliphatic rings. The molecule has 1 aliphatic heterocycles. The molecule has 1 aromatic rings. The van der Waals surface area contributed by atoms with Crippen LogP contribution in [0.25, 0.3) is 0 Å². The number of hydrogen-bond donors (Lipinski definition) is 1. The molecule has 2 heterocycles. The third kappa shape index (κ3) is 3.60. The van der Waals surface area contributed by atoms with Crippen molar-refractivity contribution in [3.8, 4) is 0 Å². The van der Waals surface area contributed by atoms with Crippen LogP contribution in [0, 0.1) is 11.8 Å². The lowest BCUT2D eigenvalue weighted by atomic mass is 9.85. The summed E-state index contributed by atoms with van der Waals surface area (Å²) in [4.78, 5) is 52.2. The molecule has 0 spiro atoms. The fourth-order valence-electron chi connectivity index (χ4n) is 3.26. The molecule has 1 fully saturated rings. The molecule has 1 aromatic heterocycles. The van der Waals surface area contributed by atoms with Crippen molar-refractivity contribution < 1.29 is 19.1 Å². The Morgan fingerprint density at radius 3 is 2.37 bits per heavy atom. The highest BCUT2D eigenvalue weighted by atomic mass is 16.5.